The van der Waals surface area contributed by atoms with Gasteiger partial charge in [-0.15, -0.1) is 0 Å². The molecular formula is C16H21Br2N3. The average Bonchev–Trinajstić information content (AvgIpc) is 2.73. The summed E-state index contributed by atoms with van der Waals surface area (Å²) >= 11 is 7.24. The topological polar surface area (TPSA) is 29.9 Å². The first-order chi connectivity index (χ1) is 9.97. The molecule has 1 aromatic heterocycles. The summed E-state index contributed by atoms with van der Waals surface area (Å²) in [6, 6.07) is 4.28. The monoisotopic (exact) mass is 413 g/mol. The Hall–Kier alpha value is -0.810. The molecule has 1 aromatic carbocycles. The van der Waals surface area contributed by atoms with Crippen LogP contribution >= 0.6 is 31.9 Å². The molecular weight excluding hydrogens is 394 g/mol. The molecule has 5 heteroatoms. The van der Waals surface area contributed by atoms with Gasteiger partial charge in [0.1, 0.15) is 0 Å². The van der Waals surface area contributed by atoms with Crippen LogP contribution in [0.2, 0.25) is 0 Å². The third-order valence-electron chi connectivity index (χ3n) is 3.62. The molecule has 0 aliphatic heterocycles. The molecule has 0 spiro atoms. The van der Waals surface area contributed by atoms with E-state index in [0.717, 1.165) is 34.1 Å². The van der Waals surface area contributed by atoms with Crippen LogP contribution in [0.15, 0.2) is 21.1 Å². The number of hydrogen-bond acceptors (Lipinski definition) is 2. The van der Waals surface area contributed by atoms with Gasteiger partial charge in [-0.05, 0) is 66.4 Å². The van der Waals surface area contributed by atoms with Crippen molar-refractivity contribution in [1.82, 2.24) is 9.78 Å². The Morgan fingerprint density at radius 1 is 1.14 bits per heavy atom. The molecule has 2 aromatic rings. The molecule has 0 saturated carbocycles. The lowest BCUT2D eigenvalue weighted by molar-refractivity contribution is 0.619. The Bertz CT molecular complexity index is 624. The molecule has 0 unspecified atom stereocenters. The SMILES string of the molecule is CCc1nn(CC)c(CNc2c(C)cc(Br)cc2C)c1Br. The van der Waals surface area contributed by atoms with Crippen molar-refractivity contribution in [1.29, 1.82) is 0 Å². The zero-order chi connectivity index (χ0) is 15.6. The number of nitrogens with one attached hydrogen (secondary N) is 1. The van der Waals surface area contributed by atoms with Crippen LogP contribution in [0.4, 0.5) is 5.69 Å². The zero-order valence-corrected chi connectivity index (χ0v) is 16.1. The van der Waals surface area contributed by atoms with Gasteiger partial charge >= 0.3 is 0 Å². The van der Waals surface area contributed by atoms with Crippen molar-refractivity contribution < 1.29 is 0 Å². The number of nitrogens with zero attached hydrogens (tertiary/aromatic N) is 2. The highest BCUT2D eigenvalue weighted by molar-refractivity contribution is 9.10. The summed E-state index contributed by atoms with van der Waals surface area (Å²) in [7, 11) is 0. The van der Waals surface area contributed by atoms with Gasteiger partial charge in [0.25, 0.3) is 0 Å². The van der Waals surface area contributed by atoms with E-state index < -0.39 is 0 Å². The molecule has 0 saturated heterocycles. The van der Waals surface area contributed by atoms with E-state index in [0.29, 0.717) is 0 Å². The third-order valence-corrected chi connectivity index (χ3v) is 5.00. The molecule has 3 nitrogen and oxygen atoms in total. The van der Waals surface area contributed by atoms with Crippen LogP contribution in [-0.4, -0.2) is 9.78 Å². The van der Waals surface area contributed by atoms with Crippen LogP contribution in [0.25, 0.3) is 0 Å². The lowest BCUT2D eigenvalue weighted by Crippen LogP contribution is -2.09. The molecule has 21 heavy (non-hydrogen) atoms. The van der Waals surface area contributed by atoms with E-state index in [1.165, 1.54) is 22.5 Å². The number of anilines is 1. The molecule has 1 N–H and O–H groups in total. The van der Waals surface area contributed by atoms with Crippen molar-refractivity contribution in [2.45, 2.75) is 47.2 Å². The molecule has 1 heterocycles. The number of benzene rings is 1. The van der Waals surface area contributed by atoms with E-state index in [1.54, 1.807) is 0 Å². The van der Waals surface area contributed by atoms with Crippen LogP contribution in [0.1, 0.15) is 36.4 Å². The largest absolute Gasteiger partial charge is 0.379 e. The molecule has 0 aliphatic carbocycles. The minimum atomic E-state index is 0.769. The van der Waals surface area contributed by atoms with E-state index in [-0.39, 0.29) is 0 Å². The summed E-state index contributed by atoms with van der Waals surface area (Å²) in [5.41, 5.74) is 6.02. The van der Waals surface area contributed by atoms with Crippen molar-refractivity contribution in [2.75, 3.05) is 5.32 Å². The minimum absolute atomic E-state index is 0.769. The van der Waals surface area contributed by atoms with Crippen molar-refractivity contribution in [2.24, 2.45) is 0 Å². The Morgan fingerprint density at radius 2 is 1.76 bits per heavy atom. The summed E-state index contributed by atoms with van der Waals surface area (Å²) in [5, 5.41) is 8.21. The number of rotatable bonds is 5. The van der Waals surface area contributed by atoms with Crippen LogP contribution in [0.5, 0.6) is 0 Å². The minimum Gasteiger partial charge on any atom is -0.379 e. The van der Waals surface area contributed by atoms with Crippen molar-refractivity contribution in [3.8, 4) is 0 Å². The van der Waals surface area contributed by atoms with Crippen molar-refractivity contribution >= 4 is 37.5 Å². The summed E-state index contributed by atoms with van der Waals surface area (Å²) < 4.78 is 4.32. The van der Waals surface area contributed by atoms with E-state index in [9.17, 15) is 0 Å². The van der Waals surface area contributed by atoms with E-state index in [4.69, 9.17) is 0 Å². The smallest absolute Gasteiger partial charge is 0.0767 e. The second-order valence-corrected chi connectivity index (χ2v) is 6.85. The maximum Gasteiger partial charge on any atom is 0.0767 e. The lowest BCUT2D eigenvalue weighted by atomic mass is 10.1. The summed E-state index contributed by atoms with van der Waals surface area (Å²) in [4.78, 5) is 0. The average molecular weight is 415 g/mol. The fourth-order valence-electron chi connectivity index (χ4n) is 2.55. The second kappa shape index (κ2) is 6.97. The first-order valence-corrected chi connectivity index (χ1v) is 8.81. The molecule has 0 atom stereocenters. The van der Waals surface area contributed by atoms with Crippen LogP contribution < -0.4 is 5.32 Å². The number of halogens is 2. The Kier molecular flexibility index (Phi) is 5.49. The van der Waals surface area contributed by atoms with Crippen LogP contribution in [0, 0.1) is 13.8 Å². The molecule has 0 radical (unpaired) electrons. The zero-order valence-electron chi connectivity index (χ0n) is 12.9. The van der Waals surface area contributed by atoms with Gasteiger partial charge in [0.05, 0.1) is 22.4 Å². The molecule has 2 rings (SSSR count). The van der Waals surface area contributed by atoms with Gasteiger partial charge in [0, 0.05) is 16.7 Å². The van der Waals surface area contributed by atoms with Gasteiger partial charge in [0.15, 0.2) is 0 Å². The highest BCUT2D eigenvalue weighted by Crippen LogP contribution is 2.27. The highest BCUT2D eigenvalue weighted by Gasteiger charge is 2.14. The quantitative estimate of drug-likeness (QED) is 0.726. The fraction of sp³-hybridized carbons (Fsp3) is 0.438. The molecule has 114 valence electrons. The van der Waals surface area contributed by atoms with Gasteiger partial charge < -0.3 is 5.32 Å². The van der Waals surface area contributed by atoms with Gasteiger partial charge in [0.2, 0.25) is 0 Å². The van der Waals surface area contributed by atoms with Crippen molar-refractivity contribution in [3.63, 3.8) is 0 Å². The third kappa shape index (κ3) is 3.51. The molecule has 0 amide bonds. The predicted molar refractivity (Wildman–Crippen MR) is 95.9 cm³/mol. The van der Waals surface area contributed by atoms with Crippen molar-refractivity contribution in [3.05, 3.63) is 43.6 Å². The molecule has 0 fully saturated rings. The molecule has 0 aliphatic rings. The van der Waals surface area contributed by atoms with Gasteiger partial charge in [-0.2, -0.15) is 5.10 Å². The van der Waals surface area contributed by atoms with Crippen LogP contribution in [-0.2, 0) is 19.5 Å². The Morgan fingerprint density at radius 3 is 2.29 bits per heavy atom. The summed E-state index contributed by atoms with van der Waals surface area (Å²) in [6.45, 7) is 10.2. The summed E-state index contributed by atoms with van der Waals surface area (Å²) in [6.07, 6.45) is 0.941. The normalized spacial score (nSPS) is 11.0. The van der Waals surface area contributed by atoms with E-state index in [1.807, 2.05) is 0 Å². The molecule has 0 bridgehead atoms. The highest BCUT2D eigenvalue weighted by atomic mass is 79.9. The maximum atomic E-state index is 4.64. The van der Waals surface area contributed by atoms with Gasteiger partial charge in [-0.25, -0.2) is 0 Å². The Labute approximate surface area is 143 Å². The number of aromatic nitrogens is 2. The van der Waals surface area contributed by atoms with Crippen LogP contribution in [0.3, 0.4) is 0 Å². The Balaban J connectivity index is 2.26. The van der Waals surface area contributed by atoms with E-state index in [2.05, 4.69) is 86.8 Å². The maximum absolute atomic E-state index is 4.64. The fourth-order valence-corrected chi connectivity index (χ4v) is 3.94. The predicted octanol–water partition coefficient (Wildman–Crippen LogP) is 5.22. The van der Waals surface area contributed by atoms with E-state index >= 15 is 0 Å². The van der Waals surface area contributed by atoms with Gasteiger partial charge in [-0.3, -0.25) is 4.68 Å². The van der Waals surface area contributed by atoms with Gasteiger partial charge in [-0.1, -0.05) is 22.9 Å². The number of hydrogen-bond donors (Lipinski definition) is 1. The summed E-state index contributed by atoms with van der Waals surface area (Å²) in [5.74, 6) is 0. The lowest BCUT2D eigenvalue weighted by Gasteiger charge is -2.14. The first-order valence-electron chi connectivity index (χ1n) is 7.22. The number of aryl methyl sites for hydroxylation is 4. The standard InChI is InChI=1S/C16H21Br2N3/c1-5-13-15(18)14(21(6-2)20-13)9-19-16-10(3)7-12(17)8-11(16)4/h7-8,19H,5-6,9H2,1-4H3. The first kappa shape index (κ1) is 16.6. The second-order valence-electron chi connectivity index (χ2n) is 5.14.